The number of nitrogens with one attached hydrogen (secondary N) is 2. The number of carbonyl (C=O) groups excluding carboxylic acids is 2. The number of nitrogens with zero attached hydrogens (tertiary/aromatic N) is 1. The number of aryl methyl sites for hydroxylation is 1. The minimum atomic E-state index is -0.255. The zero-order chi connectivity index (χ0) is 18.7. The molecule has 2 aromatic carbocycles. The minimum absolute atomic E-state index is 0.208. The second kappa shape index (κ2) is 7.68. The van der Waals surface area contributed by atoms with E-state index >= 15 is 0 Å². The van der Waals surface area contributed by atoms with Crippen molar-refractivity contribution in [3.8, 4) is 10.6 Å². The highest BCUT2D eigenvalue weighted by atomic mass is 35.5. The third kappa shape index (κ3) is 3.92. The summed E-state index contributed by atoms with van der Waals surface area (Å²) in [5.41, 5.74) is 2.59. The molecule has 5 nitrogen and oxygen atoms in total. The van der Waals surface area contributed by atoms with Gasteiger partial charge in [-0.1, -0.05) is 29.8 Å². The van der Waals surface area contributed by atoms with E-state index in [0.29, 0.717) is 26.8 Å². The molecule has 2 amide bonds. The first kappa shape index (κ1) is 18.1. The molecular weight excluding hydrogens is 370 g/mol. The van der Waals surface area contributed by atoms with E-state index in [4.69, 9.17) is 11.6 Å². The Bertz CT molecular complexity index is 967. The van der Waals surface area contributed by atoms with E-state index in [1.807, 2.05) is 12.1 Å². The summed E-state index contributed by atoms with van der Waals surface area (Å²) in [5, 5.41) is 6.78. The monoisotopic (exact) mass is 385 g/mol. The Morgan fingerprint density at radius 1 is 1.08 bits per heavy atom. The number of hydrogen-bond acceptors (Lipinski definition) is 4. The number of halogens is 1. The molecule has 3 rings (SSSR count). The van der Waals surface area contributed by atoms with Gasteiger partial charge in [-0.2, -0.15) is 0 Å². The Morgan fingerprint density at radius 3 is 2.50 bits per heavy atom. The zero-order valence-corrected chi connectivity index (χ0v) is 15.7. The van der Waals surface area contributed by atoms with Crippen LogP contribution in [0.3, 0.4) is 0 Å². The number of hydrogen-bond donors (Lipinski definition) is 2. The first-order valence-electron chi connectivity index (χ1n) is 7.85. The number of rotatable bonds is 4. The summed E-state index contributed by atoms with van der Waals surface area (Å²) in [5.74, 6) is -0.464. The molecule has 2 N–H and O–H groups in total. The molecule has 0 aliphatic heterocycles. The van der Waals surface area contributed by atoms with Crippen LogP contribution in [0, 0.1) is 6.92 Å². The molecule has 132 valence electrons. The standard InChI is InChI=1S/C19H16ClN3O2S/c1-11-16(26-19(22-11)12-6-8-14(20)9-7-12)18(25)23-15-5-3-4-13(10-15)17(24)21-2/h3-10H,1-2H3,(H,21,24)(H,23,25). The number of benzene rings is 2. The largest absolute Gasteiger partial charge is 0.355 e. The van der Waals surface area contributed by atoms with Crippen molar-refractivity contribution >= 4 is 40.4 Å². The lowest BCUT2D eigenvalue weighted by atomic mass is 10.2. The highest BCUT2D eigenvalue weighted by Gasteiger charge is 2.17. The topological polar surface area (TPSA) is 71.1 Å². The number of anilines is 1. The van der Waals surface area contributed by atoms with Crippen molar-refractivity contribution < 1.29 is 9.59 Å². The molecule has 0 aliphatic rings. The van der Waals surface area contributed by atoms with Crippen LogP contribution < -0.4 is 10.6 Å². The highest BCUT2D eigenvalue weighted by molar-refractivity contribution is 7.17. The molecule has 0 spiro atoms. The maximum atomic E-state index is 12.6. The maximum Gasteiger partial charge on any atom is 0.267 e. The summed E-state index contributed by atoms with van der Waals surface area (Å²) >= 11 is 7.23. The van der Waals surface area contributed by atoms with Crippen molar-refractivity contribution in [3.63, 3.8) is 0 Å². The van der Waals surface area contributed by atoms with Gasteiger partial charge in [0.15, 0.2) is 0 Å². The second-order valence-electron chi connectivity index (χ2n) is 5.55. The fraction of sp³-hybridized carbons (Fsp3) is 0.105. The molecule has 7 heteroatoms. The Morgan fingerprint density at radius 2 is 1.81 bits per heavy atom. The predicted molar refractivity (Wildman–Crippen MR) is 105 cm³/mol. The van der Waals surface area contributed by atoms with Crippen molar-refractivity contribution in [3.05, 3.63) is 69.7 Å². The van der Waals surface area contributed by atoms with Gasteiger partial charge in [-0.05, 0) is 37.3 Å². The lowest BCUT2D eigenvalue weighted by Gasteiger charge is -2.06. The van der Waals surface area contributed by atoms with Crippen molar-refractivity contribution in [1.29, 1.82) is 0 Å². The molecule has 1 aromatic heterocycles. The molecule has 0 saturated heterocycles. The normalized spacial score (nSPS) is 10.4. The third-order valence-corrected chi connectivity index (χ3v) is 5.16. The summed E-state index contributed by atoms with van der Waals surface area (Å²) < 4.78 is 0. The Hall–Kier alpha value is -2.70. The fourth-order valence-electron chi connectivity index (χ4n) is 2.39. The zero-order valence-electron chi connectivity index (χ0n) is 14.2. The van der Waals surface area contributed by atoms with Gasteiger partial charge >= 0.3 is 0 Å². The highest BCUT2D eigenvalue weighted by Crippen LogP contribution is 2.29. The van der Waals surface area contributed by atoms with Crippen LogP contribution in [0.25, 0.3) is 10.6 Å². The van der Waals surface area contributed by atoms with Crippen molar-refractivity contribution in [2.75, 3.05) is 12.4 Å². The number of amides is 2. The number of aromatic nitrogens is 1. The van der Waals surface area contributed by atoms with Crippen LogP contribution in [-0.4, -0.2) is 23.8 Å². The number of thiazole rings is 1. The average molecular weight is 386 g/mol. The molecule has 0 fully saturated rings. The van der Waals surface area contributed by atoms with Gasteiger partial charge in [0.2, 0.25) is 0 Å². The van der Waals surface area contributed by atoms with E-state index in [9.17, 15) is 9.59 Å². The van der Waals surface area contributed by atoms with E-state index in [2.05, 4.69) is 15.6 Å². The second-order valence-corrected chi connectivity index (χ2v) is 6.99. The van der Waals surface area contributed by atoms with Gasteiger partial charge in [-0.15, -0.1) is 11.3 Å². The van der Waals surface area contributed by atoms with Gasteiger partial charge in [0, 0.05) is 28.9 Å². The van der Waals surface area contributed by atoms with Gasteiger partial charge in [-0.3, -0.25) is 9.59 Å². The lowest BCUT2D eigenvalue weighted by Crippen LogP contribution is -2.18. The first-order chi connectivity index (χ1) is 12.5. The van der Waals surface area contributed by atoms with E-state index in [-0.39, 0.29) is 11.8 Å². The summed E-state index contributed by atoms with van der Waals surface area (Å²) in [6, 6.07) is 14.1. The van der Waals surface area contributed by atoms with Gasteiger partial charge in [-0.25, -0.2) is 4.98 Å². The van der Waals surface area contributed by atoms with Crippen LogP contribution in [0.2, 0.25) is 5.02 Å². The Labute approximate surface area is 160 Å². The number of carbonyl (C=O) groups is 2. The van der Waals surface area contributed by atoms with Crippen LogP contribution in [0.5, 0.6) is 0 Å². The molecule has 0 aliphatic carbocycles. The lowest BCUT2D eigenvalue weighted by molar-refractivity contribution is 0.0961. The van der Waals surface area contributed by atoms with E-state index in [1.165, 1.54) is 11.3 Å². The van der Waals surface area contributed by atoms with Crippen molar-refractivity contribution in [2.24, 2.45) is 0 Å². The SMILES string of the molecule is CNC(=O)c1cccc(NC(=O)c2sc(-c3ccc(Cl)cc3)nc2C)c1. The third-order valence-electron chi connectivity index (χ3n) is 3.70. The minimum Gasteiger partial charge on any atom is -0.355 e. The first-order valence-corrected chi connectivity index (χ1v) is 9.04. The molecule has 3 aromatic rings. The van der Waals surface area contributed by atoms with Gasteiger partial charge in [0.05, 0.1) is 5.69 Å². The molecule has 0 saturated carbocycles. The summed E-state index contributed by atoms with van der Waals surface area (Å²) in [7, 11) is 1.56. The Kier molecular flexibility index (Phi) is 5.35. The van der Waals surface area contributed by atoms with Crippen molar-refractivity contribution in [2.45, 2.75) is 6.92 Å². The smallest absolute Gasteiger partial charge is 0.267 e. The average Bonchev–Trinajstić information content (AvgIpc) is 3.03. The molecule has 0 radical (unpaired) electrons. The van der Waals surface area contributed by atoms with E-state index in [0.717, 1.165) is 10.6 Å². The maximum absolute atomic E-state index is 12.6. The molecule has 0 bridgehead atoms. The summed E-state index contributed by atoms with van der Waals surface area (Å²) in [6.07, 6.45) is 0. The Balaban J connectivity index is 1.82. The van der Waals surface area contributed by atoms with Gasteiger partial charge < -0.3 is 10.6 Å². The van der Waals surface area contributed by atoms with Crippen LogP contribution in [-0.2, 0) is 0 Å². The molecule has 1 heterocycles. The van der Waals surface area contributed by atoms with Crippen LogP contribution in [0.15, 0.2) is 48.5 Å². The van der Waals surface area contributed by atoms with Crippen LogP contribution >= 0.6 is 22.9 Å². The quantitative estimate of drug-likeness (QED) is 0.699. The molecule has 26 heavy (non-hydrogen) atoms. The van der Waals surface area contributed by atoms with Crippen LogP contribution in [0.1, 0.15) is 25.7 Å². The van der Waals surface area contributed by atoms with Gasteiger partial charge in [0.1, 0.15) is 9.88 Å². The van der Waals surface area contributed by atoms with Crippen molar-refractivity contribution in [1.82, 2.24) is 10.3 Å². The van der Waals surface area contributed by atoms with E-state index in [1.54, 1.807) is 50.4 Å². The molecule has 0 unspecified atom stereocenters. The summed E-state index contributed by atoms with van der Waals surface area (Å²) in [4.78, 5) is 29.4. The predicted octanol–water partition coefficient (Wildman–Crippen LogP) is 4.38. The van der Waals surface area contributed by atoms with Crippen LogP contribution in [0.4, 0.5) is 5.69 Å². The molecular formula is C19H16ClN3O2S. The summed E-state index contributed by atoms with van der Waals surface area (Å²) in [6.45, 7) is 1.80. The molecule has 0 atom stereocenters. The van der Waals surface area contributed by atoms with Gasteiger partial charge in [0.25, 0.3) is 11.8 Å². The fourth-order valence-corrected chi connectivity index (χ4v) is 3.49. The van der Waals surface area contributed by atoms with E-state index < -0.39 is 0 Å².